The number of rotatable bonds is 25. The fraction of sp³-hybridized carbons (Fsp3) is 0.259. The predicted molar refractivity (Wildman–Crippen MR) is 583 cm³/mol. The number of carboxylic acid groups (broad SMARTS) is 1. The van der Waals surface area contributed by atoms with E-state index in [9.17, 15) is 34.3 Å². The van der Waals surface area contributed by atoms with Crippen molar-refractivity contribution < 1.29 is 99.4 Å². The van der Waals surface area contributed by atoms with Crippen LogP contribution in [0.5, 0.6) is 11.5 Å². The molecule has 0 bridgehead atoms. The van der Waals surface area contributed by atoms with E-state index in [1.54, 1.807) is 77.5 Å². The number of thiocarbonyl (C=S) groups is 2. The molecule has 0 N–H and O–H groups in total. The van der Waals surface area contributed by atoms with E-state index in [2.05, 4.69) is 236 Å². The molecule has 0 unspecified atom stereocenters. The zero-order valence-corrected chi connectivity index (χ0v) is 91.2. The number of hydrogen-bond acceptors (Lipinski definition) is 29. The number of para-hydroxylation sites is 2. The van der Waals surface area contributed by atoms with Crippen molar-refractivity contribution in [1.29, 1.82) is 15.8 Å². The third kappa shape index (κ3) is 28.2. The standard InChI is InChI=1S/C23H22N2S.C19H22N2O3.C17H17N3O.C17H16N2S.C16H18N2O5S3.C16H16N2OS3.K/c1-3-25(4-2)19-13-9-17(10-14-19)11-16-22-24-23-20-8-6-5-7-18(20)12-15-21(23)26-22;1-5-21(6-2)14-8-9-15-13(4)10-17(24-18(15)11-14)16(12-20)19(22)23-7-3;1-4-20(5-2)14-6-7-15-12(3)8-16(13(10-18)11-19)21-17(15)9-14;1-19(2)14-10-7-13(8-11-14)9-12-17-18-15-5-3-4-6-16(15)20-17;1-4-13(21)23-15-9(3)17(5-2)11(26-15)7-6-10-14(22)18(8-12(19)20)16(24)25-10;1-3-17-11-7-5-6-8-12(11)21-14(17)10-9-13-15(19)18(4-2)16(20)22-13;/h5-16H,3-4H2,1-2H3;8-11H,5-7H2,1-4H3;6-9H,4-5H2,1-3H3;3-12H,1-2H3;6-7H,4-5,8H2,1-3H3,(H,19,20);5-10H,3-4H2,1-2H3;/q;;;;;;+1/p-1/b;17-16-;;;;;. The molecule has 0 spiro atoms. The van der Waals surface area contributed by atoms with E-state index in [0.717, 1.165) is 133 Å². The molecule has 8 heterocycles. The number of benzene rings is 8. The largest absolute Gasteiger partial charge is 1.00 e. The summed E-state index contributed by atoms with van der Waals surface area (Å²) in [5.74, 6) is -0.906. The topological polar surface area (TPSA) is 268 Å². The van der Waals surface area contributed by atoms with E-state index in [4.69, 9.17) is 58.9 Å². The summed E-state index contributed by atoms with van der Waals surface area (Å²) in [4.78, 5) is 86.1. The summed E-state index contributed by atoms with van der Waals surface area (Å²) < 4.78 is 25.2. The van der Waals surface area contributed by atoms with Crippen LogP contribution < -0.4 is 90.5 Å². The van der Waals surface area contributed by atoms with Crippen molar-refractivity contribution >= 4 is 228 Å². The molecule has 2 amide bonds. The van der Waals surface area contributed by atoms with Crippen LogP contribution in [-0.4, -0.2) is 149 Å². The van der Waals surface area contributed by atoms with Gasteiger partial charge in [0, 0.05) is 136 Å². The first-order chi connectivity index (χ1) is 67.1. The maximum absolute atomic E-state index is 12.2. The molecule has 0 aliphatic carbocycles. The van der Waals surface area contributed by atoms with Gasteiger partial charge in [-0.3, -0.25) is 24.2 Å². The second-order valence-electron chi connectivity index (χ2n) is 31.2. The number of carboxylic acids is 1. The van der Waals surface area contributed by atoms with Crippen LogP contribution in [0.25, 0.3) is 66.7 Å². The third-order valence-corrected chi connectivity index (χ3v) is 29.4. The van der Waals surface area contributed by atoms with Gasteiger partial charge >= 0.3 is 63.3 Å². The molecule has 8 aromatic carbocycles. The Morgan fingerprint density at radius 3 is 1.54 bits per heavy atom. The summed E-state index contributed by atoms with van der Waals surface area (Å²) in [7, 11) is 4.10. The van der Waals surface area contributed by atoms with E-state index < -0.39 is 24.4 Å². The summed E-state index contributed by atoms with van der Waals surface area (Å²) in [5.41, 5.74) is 15.0. The Balaban J connectivity index is 0.000000173. The molecule has 0 atom stereocenters. The summed E-state index contributed by atoms with van der Waals surface area (Å²) >= 11 is 19.2. The van der Waals surface area contributed by atoms with Gasteiger partial charge in [-0.05, 0) is 257 Å². The second-order valence-corrected chi connectivity index (χ2v) is 38.7. The molecule has 0 saturated carbocycles. The molecule has 140 heavy (non-hydrogen) atoms. The maximum atomic E-state index is 12.2. The molecule has 2 aromatic heterocycles. The number of nitrogens with zero attached hydrogens (tertiary/aromatic N) is 13. The number of esters is 2. The molecular formula is C108H110KN13O10S8. The number of allylic oxidation sites excluding steroid dienone is 10. The van der Waals surface area contributed by atoms with E-state index in [0.29, 0.717) is 49.6 Å². The number of amides is 2. The van der Waals surface area contributed by atoms with Gasteiger partial charge in [-0.1, -0.05) is 158 Å². The van der Waals surface area contributed by atoms with E-state index in [-0.39, 0.29) is 97.5 Å². The van der Waals surface area contributed by atoms with Gasteiger partial charge in [0.2, 0.25) is 0 Å². The maximum Gasteiger partial charge on any atom is 1.00 e. The monoisotopic (exact) mass is 2040 g/mol. The Hall–Kier alpha value is -11.6. The molecule has 16 rings (SSSR count). The number of carbonyl (C=O) groups is 5. The number of hydrogen-bond donors (Lipinski definition) is 0. The van der Waals surface area contributed by atoms with E-state index in [1.807, 2.05) is 120 Å². The second kappa shape index (κ2) is 53.8. The Bertz CT molecular complexity index is 6730. The Kier molecular flexibility index (Phi) is 42.4. The van der Waals surface area contributed by atoms with Gasteiger partial charge in [-0.25, -0.2) is 14.8 Å². The van der Waals surface area contributed by atoms with Crippen molar-refractivity contribution in [2.75, 3.05) is 111 Å². The van der Waals surface area contributed by atoms with Crippen LogP contribution in [0.3, 0.4) is 0 Å². The number of fused-ring (bicyclic) bond motifs is 7. The molecule has 6 aliphatic heterocycles. The predicted octanol–water partition coefficient (Wildman–Crippen LogP) is 21.1. The van der Waals surface area contributed by atoms with E-state index >= 15 is 0 Å². The van der Waals surface area contributed by atoms with Gasteiger partial charge in [-0.2, -0.15) is 15.8 Å². The third-order valence-electron chi connectivity index (χ3n) is 22.4. The Morgan fingerprint density at radius 1 is 0.514 bits per heavy atom. The zero-order chi connectivity index (χ0) is 100. The first-order valence-corrected chi connectivity index (χ1v) is 51.4. The number of nitriles is 3. The zero-order valence-electron chi connectivity index (χ0n) is 81.6. The number of aromatic nitrogens is 2. The van der Waals surface area contributed by atoms with Crippen molar-refractivity contribution in [3.63, 3.8) is 0 Å². The molecular weight excluding hydrogens is 1930 g/mol. The number of thioether (sulfide) groups is 4. The van der Waals surface area contributed by atoms with Crippen LogP contribution in [0.1, 0.15) is 136 Å². The fourth-order valence-corrected chi connectivity index (χ4v) is 21.5. The van der Waals surface area contributed by atoms with Gasteiger partial charge in [0.25, 0.3) is 11.8 Å². The van der Waals surface area contributed by atoms with Crippen LogP contribution >= 0.6 is 94.2 Å². The first-order valence-electron chi connectivity index (χ1n) is 45.6. The summed E-state index contributed by atoms with van der Waals surface area (Å²) in [6.45, 7) is 35.5. The van der Waals surface area contributed by atoms with Crippen molar-refractivity contribution in [3.05, 3.63) is 292 Å². The molecule has 32 heteroatoms. The van der Waals surface area contributed by atoms with Gasteiger partial charge in [0.1, 0.15) is 48.4 Å². The minimum absolute atomic E-state index is 0. The normalized spacial score (nSPS) is 15.4. The van der Waals surface area contributed by atoms with Crippen LogP contribution in [0, 0.1) is 34.0 Å². The van der Waals surface area contributed by atoms with Crippen molar-refractivity contribution in [3.8, 4) is 29.7 Å². The van der Waals surface area contributed by atoms with Gasteiger partial charge in [-0.15, -0.1) is 22.7 Å². The number of ether oxygens (including phenoxy) is 4. The Morgan fingerprint density at radius 2 is 1.01 bits per heavy atom. The average molecular weight is 2050 g/mol. The minimum Gasteiger partial charge on any atom is -0.548 e. The summed E-state index contributed by atoms with van der Waals surface area (Å²) in [6.07, 6.45) is 19.4. The Labute approximate surface area is 898 Å². The number of likely N-dealkylation sites (N-methyl/N-ethyl adjacent to an activating group) is 1. The summed E-state index contributed by atoms with van der Waals surface area (Å²) in [6, 6.07) is 64.3. The average Bonchev–Trinajstić information content (AvgIpc) is 1.78. The molecule has 6 aliphatic rings. The fourth-order valence-electron chi connectivity index (χ4n) is 15.0. The van der Waals surface area contributed by atoms with Gasteiger partial charge < -0.3 is 58.2 Å². The smallest absolute Gasteiger partial charge is 0.548 e. The van der Waals surface area contributed by atoms with Crippen LogP contribution in [-0.2, 0) is 33.4 Å². The van der Waals surface area contributed by atoms with E-state index in [1.165, 1.54) is 76.8 Å². The molecule has 23 nitrogen and oxygen atoms in total. The van der Waals surface area contributed by atoms with Crippen LogP contribution in [0.15, 0.2) is 265 Å². The van der Waals surface area contributed by atoms with Crippen molar-refractivity contribution in [2.45, 2.75) is 108 Å². The molecule has 716 valence electrons. The van der Waals surface area contributed by atoms with Crippen LogP contribution in [0.2, 0.25) is 0 Å². The van der Waals surface area contributed by atoms with Crippen molar-refractivity contribution in [2.24, 2.45) is 0 Å². The van der Waals surface area contributed by atoms with Crippen molar-refractivity contribution in [1.82, 2.24) is 24.7 Å². The minimum atomic E-state index is -1.37. The number of anilines is 5. The quantitative estimate of drug-likeness (QED) is 0.0169. The SMILES string of the molecule is CCC(=O)OC1=C(C)N(CC)C(=CC=C2SC(=S)N(CC(=O)[O-])C2=O)S1.CCN(CC)c1ccc(C=Cc2nc3c(ccc4ccccc43)s2)cc1.CCN(CC)c1ccc2c(c1)OC(=C(C#N)C#N)C=C2C.CCN1C(=O)C(=CC=C2Sc3ccccc3N2CC)SC1=S.CCOC(=O)/C(C#N)=C1/C=C(C)c2ccc(N(CC)CC)cc2O1.CN(C)c1ccc(C=Cc2nc3ccccc3s2)cc1.[K+]. The number of thiazole rings is 2. The summed E-state index contributed by atoms with van der Waals surface area (Å²) in [5, 5.41) is 45.0. The number of carbonyl (C=O) groups excluding carboxylic acids is 5. The molecule has 10 aromatic rings. The molecule has 2 fully saturated rings. The number of aliphatic carboxylic acids is 1. The van der Waals surface area contributed by atoms with Gasteiger partial charge in [0.05, 0.1) is 70.8 Å². The molecule has 2 saturated heterocycles. The molecule has 0 radical (unpaired) electrons. The van der Waals surface area contributed by atoms with Crippen LogP contribution in [0.4, 0.5) is 28.4 Å². The van der Waals surface area contributed by atoms with Gasteiger partial charge in [0.15, 0.2) is 27.8 Å². The first kappa shape index (κ1) is 110.